The highest BCUT2D eigenvalue weighted by molar-refractivity contribution is 5.74. The molecule has 2 N–H and O–H groups in total. The van der Waals surface area contributed by atoms with Gasteiger partial charge in [0.15, 0.2) is 0 Å². The fraction of sp³-hybridized carbons (Fsp3) is 0.867. The van der Waals surface area contributed by atoms with E-state index in [4.69, 9.17) is 9.84 Å². The average Bonchev–Trinajstić information content (AvgIpc) is 3.26. The van der Waals surface area contributed by atoms with Gasteiger partial charge in [0.05, 0.1) is 19.8 Å². The standard InChI is InChI=1S/C15H25N3O4/c19-14(20)10-18(9-11-1-2-11)13-7-12(8-13)16-15(21)17-3-5-22-6-4-17/h11-13H,1-10H2,(H,16,21)(H,19,20). The Morgan fingerprint density at radius 1 is 1.23 bits per heavy atom. The molecular weight excluding hydrogens is 286 g/mol. The number of urea groups is 1. The average molecular weight is 311 g/mol. The van der Waals surface area contributed by atoms with E-state index in [1.807, 2.05) is 0 Å². The van der Waals surface area contributed by atoms with Crippen LogP contribution in [0.1, 0.15) is 25.7 Å². The number of ether oxygens (including phenoxy) is 1. The minimum atomic E-state index is -0.763. The van der Waals surface area contributed by atoms with Gasteiger partial charge in [-0.3, -0.25) is 9.69 Å². The number of aliphatic carboxylic acids is 1. The Balaban J connectivity index is 1.41. The number of hydrogen-bond acceptors (Lipinski definition) is 4. The van der Waals surface area contributed by atoms with Gasteiger partial charge in [0, 0.05) is 31.7 Å². The van der Waals surface area contributed by atoms with Crippen LogP contribution in [0.5, 0.6) is 0 Å². The van der Waals surface area contributed by atoms with Crippen molar-refractivity contribution in [3.63, 3.8) is 0 Å². The van der Waals surface area contributed by atoms with E-state index in [2.05, 4.69) is 10.2 Å². The first-order chi connectivity index (χ1) is 10.6. The maximum Gasteiger partial charge on any atom is 0.317 e. The molecule has 0 aromatic rings. The predicted octanol–water partition coefficient (Wildman–Crippen LogP) is 0.356. The normalized spacial score (nSPS) is 28.3. The van der Waals surface area contributed by atoms with Crippen LogP contribution in [0.2, 0.25) is 0 Å². The Morgan fingerprint density at radius 3 is 2.50 bits per heavy atom. The highest BCUT2D eigenvalue weighted by Crippen LogP contribution is 2.33. The van der Waals surface area contributed by atoms with Crippen LogP contribution in [0.25, 0.3) is 0 Å². The molecule has 0 atom stereocenters. The summed E-state index contributed by atoms with van der Waals surface area (Å²) in [6.07, 6.45) is 4.16. The number of amides is 2. The Labute approximate surface area is 130 Å². The van der Waals surface area contributed by atoms with E-state index in [-0.39, 0.29) is 18.6 Å². The maximum absolute atomic E-state index is 12.1. The van der Waals surface area contributed by atoms with Gasteiger partial charge in [0.1, 0.15) is 0 Å². The summed E-state index contributed by atoms with van der Waals surface area (Å²) >= 11 is 0. The van der Waals surface area contributed by atoms with Crippen molar-refractivity contribution in [3.05, 3.63) is 0 Å². The fourth-order valence-electron chi connectivity index (χ4n) is 3.18. The van der Waals surface area contributed by atoms with Gasteiger partial charge in [0.25, 0.3) is 0 Å². The van der Waals surface area contributed by atoms with Gasteiger partial charge in [-0.1, -0.05) is 0 Å². The minimum absolute atomic E-state index is 0.0151. The summed E-state index contributed by atoms with van der Waals surface area (Å²) in [6.45, 7) is 3.51. The van der Waals surface area contributed by atoms with Crippen molar-refractivity contribution in [1.82, 2.24) is 15.1 Å². The molecule has 1 saturated heterocycles. The fourth-order valence-corrected chi connectivity index (χ4v) is 3.18. The maximum atomic E-state index is 12.1. The smallest absolute Gasteiger partial charge is 0.317 e. The van der Waals surface area contributed by atoms with Crippen LogP contribution in [-0.2, 0) is 9.53 Å². The lowest BCUT2D eigenvalue weighted by Crippen LogP contribution is -2.58. The molecule has 7 heteroatoms. The molecule has 2 amide bonds. The minimum Gasteiger partial charge on any atom is -0.480 e. The van der Waals surface area contributed by atoms with Crippen molar-refractivity contribution in [3.8, 4) is 0 Å². The van der Waals surface area contributed by atoms with Crippen molar-refractivity contribution in [2.24, 2.45) is 5.92 Å². The van der Waals surface area contributed by atoms with Crippen LogP contribution in [0.4, 0.5) is 4.79 Å². The van der Waals surface area contributed by atoms with E-state index < -0.39 is 5.97 Å². The Bertz CT molecular complexity index is 415. The molecule has 1 aliphatic heterocycles. The number of carboxylic acid groups (broad SMARTS) is 1. The molecule has 0 unspecified atom stereocenters. The molecule has 0 aromatic heterocycles. The van der Waals surface area contributed by atoms with Crippen LogP contribution in [0.15, 0.2) is 0 Å². The largest absolute Gasteiger partial charge is 0.480 e. The lowest BCUT2D eigenvalue weighted by Gasteiger charge is -2.43. The monoisotopic (exact) mass is 311 g/mol. The summed E-state index contributed by atoms with van der Waals surface area (Å²) < 4.78 is 5.24. The molecule has 0 aromatic carbocycles. The van der Waals surface area contributed by atoms with Gasteiger partial charge in [0.2, 0.25) is 0 Å². The zero-order valence-corrected chi connectivity index (χ0v) is 12.9. The second kappa shape index (κ2) is 6.83. The number of nitrogens with one attached hydrogen (secondary N) is 1. The van der Waals surface area contributed by atoms with Gasteiger partial charge in [-0.05, 0) is 31.6 Å². The van der Waals surface area contributed by atoms with Gasteiger partial charge >= 0.3 is 12.0 Å². The first-order valence-electron chi connectivity index (χ1n) is 8.21. The second-order valence-corrected chi connectivity index (χ2v) is 6.64. The molecule has 3 rings (SSSR count). The van der Waals surface area contributed by atoms with E-state index in [9.17, 15) is 9.59 Å². The van der Waals surface area contributed by atoms with Gasteiger partial charge in [-0.2, -0.15) is 0 Å². The van der Waals surface area contributed by atoms with Crippen molar-refractivity contribution in [1.29, 1.82) is 0 Å². The molecular formula is C15H25N3O4. The van der Waals surface area contributed by atoms with E-state index in [0.29, 0.717) is 38.3 Å². The highest BCUT2D eigenvalue weighted by Gasteiger charge is 2.38. The van der Waals surface area contributed by atoms with Gasteiger partial charge in [-0.25, -0.2) is 4.79 Å². The number of hydrogen-bond donors (Lipinski definition) is 2. The van der Waals surface area contributed by atoms with Crippen molar-refractivity contribution in [2.75, 3.05) is 39.4 Å². The molecule has 124 valence electrons. The summed E-state index contributed by atoms with van der Waals surface area (Å²) in [4.78, 5) is 27.0. The number of rotatable bonds is 6. The van der Waals surface area contributed by atoms with Crippen LogP contribution in [-0.4, -0.2) is 78.4 Å². The van der Waals surface area contributed by atoms with Crippen LogP contribution in [0.3, 0.4) is 0 Å². The van der Waals surface area contributed by atoms with Crippen molar-refractivity contribution < 1.29 is 19.4 Å². The van der Waals surface area contributed by atoms with Gasteiger partial charge < -0.3 is 20.1 Å². The van der Waals surface area contributed by atoms with Crippen LogP contribution >= 0.6 is 0 Å². The summed E-state index contributed by atoms with van der Waals surface area (Å²) in [5, 5.41) is 12.1. The van der Waals surface area contributed by atoms with Crippen molar-refractivity contribution >= 4 is 12.0 Å². The molecule has 7 nitrogen and oxygen atoms in total. The third-order valence-corrected chi connectivity index (χ3v) is 4.78. The number of carboxylic acids is 1. The summed E-state index contributed by atoms with van der Waals surface area (Å²) in [6, 6.07) is 0.459. The van der Waals surface area contributed by atoms with E-state index in [1.54, 1.807) is 4.90 Å². The quantitative estimate of drug-likeness (QED) is 0.740. The summed E-state index contributed by atoms with van der Waals surface area (Å²) in [5.74, 6) is -0.0807. The molecule has 0 bridgehead atoms. The third-order valence-electron chi connectivity index (χ3n) is 4.78. The molecule has 2 saturated carbocycles. The summed E-state index contributed by atoms with van der Waals surface area (Å²) in [7, 11) is 0. The topological polar surface area (TPSA) is 82.1 Å². The van der Waals surface area contributed by atoms with Crippen LogP contribution in [0, 0.1) is 5.92 Å². The lowest BCUT2D eigenvalue weighted by atomic mass is 9.85. The van der Waals surface area contributed by atoms with E-state index in [1.165, 1.54) is 12.8 Å². The zero-order chi connectivity index (χ0) is 15.5. The molecule has 1 heterocycles. The Morgan fingerprint density at radius 2 is 1.91 bits per heavy atom. The highest BCUT2D eigenvalue weighted by atomic mass is 16.5. The first-order valence-corrected chi connectivity index (χ1v) is 8.21. The molecule has 0 radical (unpaired) electrons. The van der Waals surface area contributed by atoms with Crippen molar-refractivity contribution in [2.45, 2.75) is 37.8 Å². The van der Waals surface area contributed by atoms with Crippen LogP contribution < -0.4 is 5.32 Å². The Kier molecular flexibility index (Phi) is 4.83. The molecule has 3 fully saturated rings. The SMILES string of the molecule is O=C(O)CN(CC1CC1)C1CC(NC(=O)N2CCOCC2)C1. The molecule has 0 spiro atoms. The number of morpholine rings is 1. The summed E-state index contributed by atoms with van der Waals surface area (Å²) in [5.41, 5.74) is 0. The van der Waals surface area contributed by atoms with Gasteiger partial charge in [-0.15, -0.1) is 0 Å². The zero-order valence-electron chi connectivity index (χ0n) is 12.9. The predicted molar refractivity (Wildman–Crippen MR) is 79.7 cm³/mol. The third kappa shape index (κ3) is 4.10. The Hall–Kier alpha value is -1.34. The van der Waals surface area contributed by atoms with E-state index >= 15 is 0 Å². The lowest BCUT2D eigenvalue weighted by molar-refractivity contribution is -0.139. The van der Waals surface area contributed by atoms with E-state index in [0.717, 1.165) is 19.4 Å². The number of carbonyl (C=O) groups excluding carboxylic acids is 1. The molecule has 22 heavy (non-hydrogen) atoms. The number of nitrogens with zero attached hydrogens (tertiary/aromatic N) is 2. The molecule has 2 aliphatic carbocycles. The number of carbonyl (C=O) groups is 2. The second-order valence-electron chi connectivity index (χ2n) is 6.64. The molecule has 3 aliphatic rings. The first kappa shape index (κ1) is 15.6.